The second kappa shape index (κ2) is 8.40. The van der Waals surface area contributed by atoms with Gasteiger partial charge in [0, 0.05) is 50.7 Å². The van der Waals surface area contributed by atoms with Gasteiger partial charge < -0.3 is 19.3 Å². The number of ether oxygens (including phenoxy) is 2. The van der Waals surface area contributed by atoms with Gasteiger partial charge in [-0.2, -0.15) is 0 Å². The average Bonchev–Trinajstić information content (AvgIpc) is 3.13. The summed E-state index contributed by atoms with van der Waals surface area (Å²) >= 11 is 0. The number of piperazine rings is 1. The van der Waals surface area contributed by atoms with E-state index in [9.17, 15) is 4.79 Å². The first kappa shape index (κ1) is 19.6. The van der Waals surface area contributed by atoms with Crippen molar-refractivity contribution in [3.05, 3.63) is 64.2 Å². The van der Waals surface area contributed by atoms with Crippen LogP contribution in [0.5, 0.6) is 5.75 Å². The maximum atomic E-state index is 11.6. The van der Waals surface area contributed by atoms with Crippen LogP contribution in [0.4, 0.5) is 0 Å². The third-order valence-electron chi connectivity index (χ3n) is 6.74. The molecule has 1 saturated heterocycles. The molecular formula is C25H30N2O3. The van der Waals surface area contributed by atoms with Crippen molar-refractivity contribution in [2.75, 3.05) is 45.9 Å². The highest BCUT2D eigenvalue weighted by molar-refractivity contribution is 5.93. The van der Waals surface area contributed by atoms with Gasteiger partial charge in [0.25, 0.3) is 0 Å². The first-order valence-corrected chi connectivity index (χ1v) is 11.1. The summed E-state index contributed by atoms with van der Waals surface area (Å²) in [7, 11) is 0. The van der Waals surface area contributed by atoms with E-state index in [-0.39, 0.29) is 5.97 Å². The van der Waals surface area contributed by atoms with Crippen LogP contribution >= 0.6 is 0 Å². The number of carbonyl (C=O) groups excluding carboxylic acids is 1. The minimum absolute atomic E-state index is 0.185. The highest BCUT2D eigenvalue weighted by atomic mass is 16.5. The molecule has 0 aromatic heterocycles. The topological polar surface area (TPSA) is 42.0 Å². The van der Waals surface area contributed by atoms with Crippen LogP contribution in [0.15, 0.2) is 36.4 Å². The van der Waals surface area contributed by atoms with E-state index in [0.29, 0.717) is 12.5 Å². The quantitative estimate of drug-likeness (QED) is 0.712. The van der Waals surface area contributed by atoms with Gasteiger partial charge in [-0.25, -0.2) is 4.79 Å². The number of hydrogen-bond acceptors (Lipinski definition) is 5. The highest BCUT2D eigenvalue weighted by Gasteiger charge is 2.26. The van der Waals surface area contributed by atoms with Gasteiger partial charge in [0.05, 0.1) is 12.2 Å². The van der Waals surface area contributed by atoms with Crippen LogP contribution in [0, 0.1) is 6.92 Å². The number of nitrogens with zero attached hydrogens (tertiary/aromatic N) is 2. The van der Waals surface area contributed by atoms with E-state index in [1.54, 1.807) is 0 Å². The zero-order valence-corrected chi connectivity index (χ0v) is 17.7. The van der Waals surface area contributed by atoms with Crippen molar-refractivity contribution in [1.82, 2.24) is 9.80 Å². The molecule has 0 radical (unpaired) electrons. The molecular weight excluding hydrogens is 376 g/mol. The summed E-state index contributed by atoms with van der Waals surface area (Å²) < 4.78 is 11.0. The molecule has 1 fully saturated rings. The monoisotopic (exact) mass is 406 g/mol. The van der Waals surface area contributed by atoms with Crippen LogP contribution in [-0.4, -0.2) is 61.6 Å². The maximum absolute atomic E-state index is 11.6. The fourth-order valence-electron chi connectivity index (χ4n) is 4.90. The van der Waals surface area contributed by atoms with E-state index in [1.807, 2.05) is 6.07 Å². The van der Waals surface area contributed by atoms with Crippen molar-refractivity contribution in [1.29, 1.82) is 0 Å². The molecule has 0 saturated carbocycles. The number of carbonyl (C=O) groups is 1. The number of hydrogen-bond donors (Lipinski definition) is 0. The molecule has 1 atom stereocenters. The molecule has 0 aliphatic carbocycles. The Morgan fingerprint density at radius 2 is 1.83 bits per heavy atom. The molecule has 3 aliphatic rings. The zero-order valence-electron chi connectivity index (χ0n) is 17.7. The Balaban J connectivity index is 1.11. The van der Waals surface area contributed by atoms with E-state index >= 15 is 0 Å². The number of benzene rings is 2. The van der Waals surface area contributed by atoms with Crippen LogP contribution < -0.4 is 4.74 Å². The summed E-state index contributed by atoms with van der Waals surface area (Å²) in [5.41, 5.74) is 5.72. The van der Waals surface area contributed by atoms with Crippen LogP contribution in [0.2, 0.25) is 0 Å². The van der Waals surface area contributed by atoms with Gasteiger partial charge in [0.2, 0.25) is 0 Å². The van der Waals surface area contributed by atoms with Crippen molar-refractivity contribution < 1.29 is 14.3 Å². The summed E-state index contributed by atoms with van der Waals surface area (Å²) in [6.07, 6.45) is 2.13. The highest BCUT2D eigenvalue weighted by Crippen LogP contribution is 2.35. The lowest BCUT2D eigenvalue weighted by molar-refractivity contribution is 0.0535. The lowest BCUT2D eigenvalue weighted by atomic mass is 9.91. The fourth-order valence-corrected chi connectivity index (χ4v) is 4.90. The average molecular weight is 407 g/mol. The summed E-state index contributed by atoms with van der Waals surface area (Å²) in [6.45, 7) is 10.1. The van der Waals surface area contributed by atoms with E-state index in [2.05, 4.69) is 47.1 Å². The second-order valence-electron chi connectivity index (χ2n) is 8.84. The van der Waals surface area contributed by atoms with Crippen LogP contribution in [-0.2, 0) is 17.8 Å². The number of cyclic esters (lactones) is 1. The Bertz CT molecular complexity index is 934. The number of rotatable bonds is 5. The summed E-state index contributed by atoms with van der Waals surface area (Å²) in [6, 6.07) is 12.8. The third kappa shape index (κ3) is 4.09. The van der Waals surface area contributed by atoms with Crippen molar-refractivity contribution in [3.63, 3.8) is 0 Å². The van der Waals surface area contributed by atoms with Crippen molar-refractivity contribution in [3.8, 4) is 5.75 Å². The van der Waals surface area contributed by atoms with Crippen LogP contribution in [0.1, 0.15) is 45.0 Å². The van der Waals surface area contributed by atoms with Gasteiger partial charge >= 0.3 is 5.97 Å². The molecule has 5 nitrogen and oxygen atoms in total. The van der Waals surface area contributed by atoms with E-state index in [0.717, 1.165) is 75.6 Å². The van der Waals surface area contributed by atoms with Crippen molar-refractivity contribution >= 4 is 5.97 Å². The predicted molar refractivity (Wildman–Crippen MR) is 116 cm³/mol. The molecule has 0 bridgehead atoms. The van der Waals surface area contributed by atoms with E-state index in [4.69, 9.17) is 9.47 Å². The van der Waals surface area contributed by atoms with E-state index < -0.39 is 0 Å². The molecule has 0 spiro atoms. The molecule has 5 rings (SSSR count). The summed E-state index contributed by atoms with van der Waals surface area (Å²) in [5.74, 6) is 1.48. The molecule has 2 aromatic rings. The Morgan fingerprint density at radius 3 is 2.70 bits per heavy atom. The molecule has 158 valence electrons. The first-order chi connectivity index (χ1) is 14.7. The molecule has 3 aliphatic heterocycles. The predicted octanol–water partition coefficient (Wildman–Crippen LogP) is 3.39. The van der Waals surface area contributed by atoms with Gasteiger partial charge in [-0.15, -0.1) is 0 Å². The van der Waals surface area contributed by atoms with Crippen LogP contribution in [0.3, 0.4) is 0 Å². The number of aryl methyl sites for hydroxylation is 1. The maximum Gasteiger partial charge on any atom is 0.338 e. The van der Waals surface area contributed by atoms with Crippen molar-refractivity contribution in [2.24, 2.45) is 0 Å². The van der Waals surface area contributed by atoms with E-state index in [1.165, 1.54) is 16.7 Å². The SMILES string of the molecule is Cc1ccc2c(c1)OCCC2CN1CCN(CCc2ccc3c(c2)COC3=O)CC1. The lowest BCUT2D eigenvalue weighted by Crippen LogP contribution is -2.48. The van der Waals surface area contributed by atoms with Crippen molar-refractivity contribution in [2.45, 2.75) is 32.3 Å². The smallest absolute Gasteiger partial charge is 0.338 e. The first-order valence-electron chi connectivity index (χ1n) is 11.1. The third-order valence-corrected chi connectivity index (χ3v) is 6.74. The second-order valence-corrected chi connectivity index (χ2v) is 8.84. The Labute approximate surface area is 178 Å². The zero-order chi connectivity index (χ0) is 20.5. The summed E-state index contributed by atoms with van der Waals surface area (Å²) in [5, 5.41) is 0. The molecule has 2 aromatic carbocycles. The standard InChI is InChI=1S/C25H30N2O3/c1-18-2-4-22-20(7-13-29-24(22)14-18)16-27-11-9-26(10-12-27)8-6-19-3-5-23-21(15-19)17-30-25(23)28/h2-5,14-15,20H,6-13,16-17H2,1H3. The largest absolute Gasteiger partial charge is 0.493 e. The minimum atomic E-state index is -0.185. The normalized spacial score (nSPS) is 21.6. The Hall–Kier alpha value is -2.37. The number of fused-ring (bicyclic) bond motifs is 2. The molecule has 30 heavy (non-hydrogen) atoms. The lowest BCUT2D eigenvalue weighted by Gasteiger charge is -2.37. The molecule has 3 heterocycles. The fraction of sp³-hybridized carbons (Fsp3) is 0.480. The van der Waals surface area contributed by atoms with Gasteiger partial charge in [0.15, 0.2) is 0 Å². The van der Waals surface area contributed by atoms with Gasteiger partial charge in [0.1, 0.15) is 12.4 Å². The molecule has 0 N–H and O–H groups in total. The molecule has 0 amide bonds. The summed E-state index contributed by atoms with van der Waals surface area (Å²) in [4.78, 5) is 16.8. The number of esters is 1. The Morgan fingerprint density at radius 1 is 1.00 bits per heavy atom. The molecule has 1 unspecified atom stereocenters. The van der Waals surface area contributed by atoms with Gasteiger partial charge in [-0.1, -0.05) is 24.3 Å². The van der Waals surface area contributed by atoms with Crippen LogP contribution in [0.25, 0.3) is 0 Å². The van der Waals surface area contributed by atoms with Gasteiger partial charge in [-0.3, -0.25) is 0 Å². The molecule has 5 heteroatoms. The minimum Gasteiger partial charge on any atom is -0.493 e. The Kier molecular flexibility index (Phi) is 5.48. The van der Waals surface area contributed by atoms with Gasteiger partial charge in [-0.05, 0) is 48.6 Å².